The highest BCUT2D eigenvalue weighted by molar-refractivity contribution is 8.00. The van der Waals surface area contributed by atoms with Crippen molar-refractivity contribution in [3.05, 3.63) is 59.7 Å². The summed E-state index contributed by atoms with van der Waals surface area (Å²) in [5, 5.41) is 9.21. The van der Waals surface area contributed by atoms with Crippen molar-refractivity contribution < 1.29 is 9.53 Å². The molecule has 1 unspecified atom stereocenters. The number of carbonyl (C=O) groups is 1. The van der Waals surface area contributed by atoms with Crippen molar-refractivity contribution >= 4 is 17.5 Å². The quantitative estimate of drug-likeness (QED) is 0.401. The molecule has 2 aromatic carbocycles. The van der Waals surface area contributed by atoms with Crippen LogP contribution in [0.3, 0.4) is 0 Å². The summed E-state index contributed by atoms with van der Waals surface area (Å²) >= 11 is 1.45. The molecule has 1 atom stereocenters. The minimum atomic E-state index is -0.245. The van der Waals surface area contributed by atoms with Crippen molar-refractivity contribution in [3.63, 3.8) is 0 Å². The molecule has 146 valence electrons. The van der Waals surface area contributed by atoms with Crippen LogP contribution in [0, 0.1) is 0 Å². The third-order valence-electron chi connectivity index (χ3n) is 4.68. The minimum absolute atomic E-state index is 0.101. The molecule has 3 rings (SSSR count). The lowest BCUT2D eigenvalue weighted by atomic mass is 10.1. The molecule has 0 saturated heterocycles. The van der Waals surface area contributed by atoms with E-state index in [0.29, 0.717) is 0 Å². The Kier molecular flexibility index (Phi) is 6.52. The maximum Gasteiger partial charge on any atom is 0.192 e. The van der Waals surface area contributed by atoms with E-state index >= 15 is 0 Å². The number of carbonyl (C=O) groups excluding carboxylic acids is 1. The highest BCUT2D eigenvalue weighted by atomic mass is 32.2. The number of thioether (sulfide) groups is 1. The SMILES string of the molecule is CCc1ccc(C(=O)C(C)Sc2nnc(-c3ccc(OC)cc3)n2CC)cc1. The molecule has 28 heavy (non-hydrogen) atoms. The number of benzene rings is 2. The fourth-order valence-corrected chi connectivity index (χ4v) is 3.96. The van der Waals surface area contributed by atoms with Gasteiger partial charge in [-0.15, -0.1) is 10.2 Å². The van der Waals surface area contributed by atoms with Crippen LogP contribution in [-0.4, -0.2) is 32.9 Å². The molecule has 0 aliphatic heterocycles. The van der Waals surface area contributed by atoms with E-state index in [9.17, 15) is 4.79 Å². The maximum absolute atomic E-state index is 12.8. The lowest BCUT2D eigenvalue weighted by Gasteiger charge is -2.12. The molecule has 0 amide bonds. The molecular formula is C22H25N3O2S. The first-order valence-electron chi connectivity index (χ1n) is 9.44. The lowest BCUT2D eigenvalue weighted by Crippen LogP contribution is -2.14. The van der Waals surface area contributed by atoms with Crippen LogP contribution in [0.2, 0.25) is 0 Å². The second-order valence-electron chi connectivity index (χ2n) is 6.45. The number of rotatable bonds is 8. The summed E-state index contributed by atoms with van der Waals surface area (Å²) in [4.78, 5) is 12.8. The first kappa shape index (κ1) is 20.1. The third-order valence-corrected chi connectivity index (χ3v) is 5.76. The predicted octanol–water partition coefficient (Wildman–Crippen LogP) is 4.90. The van der Waals surface area contributed by atoms with Crippen LogP contribution in [-0.2, 0) is 13.0 Å². The standard InChI is InChI=1S/C22H25N3O2S/c1-5-16-7-9-17(10-8-16)20(26)15(3)28-22-24-23-21(25(22)6-2)18-11-13-19(27-4)14-12-18/h7-15H,5-6H2,1-4H3. The van der Waals surface area contributed by atoms with E-state index in [1.165, 1.54) is 17.3 Å². The summed E-state index contributed by atoms with van der Waals surface area (Å²) in [5.41, 5.74) is 2.93. The van der Waals surface area contributed by atoms with Crippen LogP contribution in [0.5, 0.6) is 5.75 Å². The molecule has 0 bridgehead atoms. The Morgan fingerprint density at radius 2 is 1.75 bits per heavy atom. The highest BCUT2D eigenvalue weighted by Crippen LogP contribution is 2.29. The number of ether oxygens (including phenoxy) is 1. The van der Waals surface area contributed by atoms with E-state index in [1.807, 2.05) is 60.0 Å². The van der Waals surface area contributed by atoms with E-state index in [0.717, 1.165) is 40.8 Å². The summed E-state index contributed by atoms with van der Waals surface area (Å²) in [5.74, 6) is 1.69. The first-order chi connectivity index (χ1) is 13.6. The monoisotopic (exact) mass is 395 g/mol. The van der Waals surface area contributed by atoms with Crippen molar-refractivity contribution in [2.45, 2.75) is 44.1 Å². The fourth-order valence-electron chi connectivity index (χ4n) is 2.97. The molecule has 0 spiro atoms. The maximum atomic E-state index is 12.8. The molecule has 1 aromatic heterocycles. The van der Waals surface area contributed by atoms with E-state index in [4.69, 9.17) is 4.74 Å². The smallest absolute Gasteiger partial charge is 0.192 e. The summed E-state index contributed by atoms with van der Waals surface area (Å²) in [6.07, 6.45) is 0.965. The summed E-state index contributed by atoms with van der Waals surface area (Å²) < 4.78 is 7.26. The van der Waals surface area contributed by atoms with Gasteiger partial charge >= 0.3 is 0 Å². The largest absolute Gasteiger partial charge is 0.497 e. The summed E-state index contributed by atoms with van der Waals surface area (Å²) in [6.45, 7) is 6.80. The van der Waals surface area contributed by atoms with Gasteiger partial charge in [-0.25, -0.2) is 0 Å². The van der Waals surface area contributed by atoms with Gasteiger partial charge in [-0.05, 0) is 50.1 Å². The average Bonchev–Trinajstić information content (AvgIpc) is 3.15. The third kappa shape index (κ3) is 4.28. The van der Waals surface area contributed by atoms with Gasteiger partial charge in [0, 0.05) is 17.7 Å². The molecule has 0 N–H and O–H groups in total. The van der Waals surface area contributed by atoms with Crippen molar-refractivity contribution in [2.75, 3.05) is 7.11 Å². The Hall–Kier alpha value is -2.60. The average molecular weight is 396 g/mol. The topological polar surface area (TPSA) is 57.0 Å². The van der Waals surface area contributed by atoms with Gasteiger partial charge in [0.05, 0.1) is 12.4 Å². The lowest BCUT2D eigenvalue weighted by molar-refractivity contribution is 0.0994. The Morgan fingerprint density at radius 1 is 1.07 bits per heavy atom. The van der Waals surface area contributed by atoms with Crippen LogP contribution < -0.4 is 4.74 Å². The normalized spacial score (nSPS) is 12.0. The van der Waals surface area contributed by atoms with Crippen molar-refractivity contribution in [3.8, 4) is 17.1 Å². The molecule has 3 aromatic rings. The van der Waals surface area contributed by atoms with Crippen LogP contribution in [0.1, 0.15) is 36.7 Å². The van der Waals surface area contributed by atoms with Crippen molar-refractivity contribution in [2.24, 2.45) is 0 Å². The Balaban J connectivity index is 1.79. The second kappa shape index (κ2) is 9.06. The molecular weight excluding hydrogens is 370 g/mol. The fraction of sp³-hybridized carbons (Fsp3) is 0.318. The molecule has 0 fully saturated rings. The van der Waals surface area contributed by atoms with Gasteiger partial charge in [0.2, 0.25) is 0 Å². The first-order valence-corrected chi connectivity index (χ1v) is 10.3. The highest BCUT2D eigenvalue weighted by Gasteiger charge is 2.21. The van der Waals surface area contributed by atoms with Gasteiger partial charge in [0.1, 0.15) is 5.75 Å². The zero-order valence-corrected chi connectivity index (χ0v) is 17.5. The van der Waals surface area contributed by atoms with Gasteiger partial charge in [-0.1, -0.05) is 43.0 Å². The summed E-state index contributed by atoms with van der Waals surface area (Å²) in [7, 11) is 1.65. The van der Waals surface area contributed by atoms with Gasteiger partial charge in [-0.3, -0.25) is 4.79 Å². The molecule has 0 aliphatic rings. The van der Waals surface area contributed by atoms with E-state index in [1.54, 1.807) is 7.11 Å². The number of aromatic nitrogens is 3. The molecule has 1 heterocycles. The van der Waals surface area contributed by atoms with Gasteiger partial charge in [0.25, 0.3) is 0 Å². The molecule has 0 radical (unpaired) electrons. The van der Waals surface area contributed by atoms with Crippen LogP contribution in [0.25, 0.3) is 11.4 Å². The molecule has 0 saturated carbocycles. The number of aryl methyl sites for hydroxylation is 1. The minimum Gasteiger partial charge on any atom is -0.497 e. The van der Waals surface area contributed by atoms with Crippen LogP contribution in [0.4, 0.5) is 0 Å². The molecule has 6 heteroatoms. The predicted molar refractivity (Wildman–Crippen MR) is 113 cm³/mol. The van der Waals surface area contributed by atoms with Crippen molar-refractivity contribution in [1.82, 2.24) is 14.8 Å². The molecule has 5 nitrogen and oxygen atoms in total. The van der Waals surface area contributed by atoms with E-state index in [2.05, 4.69) is 24.0 Å². The second-order valence-corrected chi connectivity index (χ2v) is 7.76. The number of hydrogen-bond donors (Lipinski definition) is 0. The zero-order chi connectivity index (χ0) is 20.1. The number of ketones is 1. The van der Waals surface area contributed by atoms with E-state index in [-0.39, 0.29) is 11.0 Å². The van der Waals surface area contributed by atoms with E-state index < -0.39 is 0 Å². The van der Waals surface area contributed by atoms with Gasteiger partial charge in [0.15, 0.2) is 16.8 Å². The Bertz CT molecular complexity index is 933. The van der Waals surface area contributed by atoms with Crippen molar-refractivity contribution in [1.29, 1.82) is 0 Å². The summed E-state index contributed by atoms with van der Waals surface area (Å²) in [6, 6.07) is 15.6. The van der Waals surface area contributed by atoms with Gasteiger partial charge in [-0.2, -0.15) is 0 Å². The van der Waals surface area contributed by atoms with Crippen LogP contribution in [0.15, 0.2) is 53.7 Å². The number of methoxy groups -OCH3 is 1. The Labute approximate surface area is 170 Å². The molecule has 0 aliphatic carbocycles. The van der Waals surface area contributed by atoms with Gasteiger partial charge < -0.3 is 9.30 Å². The number of hydrogen-bond acceptors (Lipinski definition) is 5. The number of nitrogens with zero attached hydrogens (tertiary/aromatic N) is 3. The Morgan fingerprint density at radius 3 is 2.32 bits per heavy atom. The zero-order valence-electron chi connectivity index (χ0n) is 16.7. The number of Topliss-reactive ketones (excluding diaryl/α,β-unsaturated/α-hetero) is 1. The van der Waals surface area contributed by atoms with Crippen LogP contribution >= 0.6 is 11.8 Å².